The number of nitrogens with one attached hydrogen (secondary N) is 1. The maximum atomic E-state index is 6.06. The molecule has 2 nitrogen and oxygen atoms in total. The molecular formula is C26H39NO. The second-order valence-electron chi connectivity index (χ2n) is 8.77. The fourth-order valence-corrected chi connectivity index (χ4v) is 3.32. The highest BCUT2D eigenvalue weighted by Crippen LogP contribution is 2.22. The topological polar surface area (TPSA) is 21.3 Å². The van der Waals surface area contributed by atoms with Crippen molar-refractivity contribution in [3.8, 4) is 5.75 Å². The third kappa shape index (κ3) is 8.06. The third-order valence-electron chi connectivity index (χ3n) is 5.19. The van der Waals surface area contributed by atoms with Crippen LogP contribution in [-0.2, 0) is 18.5 Å². The molecule has 0 bridgehead atoms. The van der Waals surface area contributed by atoms with Gasteiger partial charge in [0.25, 0.3) is 0 Å². The Hall–Kier alpha value is -1.80. The van der Waals surface area contributed by atoms with Gasteiger partial charge in [0.1, 0.15) is 5.75 Å². The third-order valence-corrected chi connectivity index (χ3v) is 5.19. The SMILES string of the molecule is CCCCCCCCOc1ccccc1CNCc1ccc(C(C)(C)C)cc1. The monoisotopic (exact) mass is 381 g/mol. The normalized spacial score (nSPS) is 11.6. The van der Waals surface area contributed by atoms with E-state index in [2.05, 4.69) is 81.5 Å². The first-order chi connectivity index (χ1) is 13.5. The van der Waals surface area contributed by atoms with Gasteiger partial charge in [-0.3, -0.25) is 0 Å². The Morgan fingerprint density at radius 3 is 2.18 bits per heavy atom. The van der Waals surface area contributed by atoms with Crippen molar-refractivity contribution in [3.05, 3.63) is 65.2 Å². The highest BCUT2D eigenvalue weighted by atomic mass is 16.5. The van der Waals surface area contributed by atoms with Crippen molar-refractivity contribution < 1.29 is 4.74 Å². The molecule has 0 aliphatic rings. The first-order valence-corrected chi connectivity index (χ1v) is 11.0. The molecule has 0 atom stereocenters. The standard InChI is InChI=1S/C26H39NO/c1-5-6-7-8-9-12-19-28-25-14-11-10-13-23(25)21-27-20-22-15-17-24(18-16-22)26(2,3)4/h10-11,13-18,27H,5-9,12,19-21H2,1-4H3. The second-order valence-corrected chi connectivity index (χ2v) is 8.77. The fourth-order valence-electron chi connectivity index (χ4n) is 3.32. The van der Waals surface area contributed by atoms with Crippen molar-refractivity contribution in [2.75, 3.05) is 6.61 Å². The van der Waals surface area contributed by atoms with Crippen molar-refractivity contribution >= 4 is 0 Å². The molecule has 2 heteroatoms. The summed E-state index contributed by atoms with van der Waals surface area (Å²) >= 11 is 0. The smallest absolute Gasteiger partial charge is 0.123 e. The van der Waals surface area contributed by atoms with Crippen molar-refractivity contribution in [2.45, 2.75) is 84.7 Å². The molecule has 0 spiro atoms. The lowest BCUT2D eigenvalue weighted by Crippen LogP contribution is -2.15. The molecule has 1 N–H and O–H groups in total. The zero-order valence-corrected chi connectivity index (χ0v) is 18.4. The summed E-state index contributed by atoms with van der Waals surface area (Å²) < 4.78 is 6.06. The molecule has 2 rings (SSSR count). The van der Waals surface area contributed by atoms with Crippen LogP contribution in [0.15, 0.2) is 48.5 Å². The summed E-state index contributed by atoms with van der Waals surface area (Å²) in [6.07, 6.45) is 7.75. The van der Waals surface area contributed by atoms with Crippen LogP contribution >= 0.6 is 0 Å². The minimum Gasteiger partial charge on any atom is -0.493 e. The van der Waals surface area contributed by atoms with E-state index in [0.29, 0.717) is 0 Å². The highest BCUT2D eigenvalue weighted by molar-refractivity contribution is 5.33. The van der Waals surface area contributed by atoms with Crippen molar-refractivity contribution in [2.24, 2.45) is 0 Å². The van der Waals surface area contributed by atoms with Gasteiger partial charge < -0.3 is 10.1 Å². The number of rotatable bonds is 12. The van der Waals surface area contributed by atoms with Crippen LogP contribution in [0.5, 0.6) is 5.75 Å². The lowest BCUT2D eigenvalue weighted by Gasteiger charge is -2.19. The van der Waals surface area contributed by atoms with Gasteiger partial charge in [0.05, 0.1) is 6.61 Å². The Morgan fingerprint density at radius 1 is 0.786 bits per heavy atom. The van der Waals surface area contributed by atoms with E-state index in [9.17, 15) is 0 Å². The maximum Gasteiger partial charge on any atom is 0.123 e. The van der Waals surface area contributed by atoms with Gasteiger partial charge in [0.2, 0.25) is 0 Å². The van der Waals surface area contributed by atoms with Gasteiger partial charge in [-0.05, 0) is 29.0 Å². The van der Waals surface area contributed by atoms with Crippen LogP contribution in [0.2, 0.25) is 0 Å². The number of ether oxygens (including phenoxy) is 1. The number of para-hydroxylation sites is 1. The van der Waals surface area contributed by atoms with E-state index in [-0.39, 0.29) is 5.41 Å². The molecule has 0 aliphatic carbocycles. The van der Waals surface area contributed by atoms with Gasteiger partial charge in [-0.1, -0.05) is 102 Å². The van der Waals surface area contributed by atoms with Crippen LogP contribution in [0.3, 0.4) is 0 Å². The van der Waals surface area contributed by atoms with Gasteiger partial charge in [-0.2, -0.15) is 0 Å². The quantitative estimate of drug-likeness (QED) is 0.399. The second kappa shape index (κ2) is 11.9. The van der Waals surface area contributed by atoms with Crippen LogP contribution in [0.25, 0.3) is 0 Å². The summed E-state index contributed by atoms with van der Waals surface area (Å²) in [6, 6.07) is 17.3. The summed E-state index contributed by atoms with van der Waals surface area (Å²) in [6.45, 7) is 11.5. The Bertz CT molecular complexity index is 670. The lowest BCUT2D eigenvalue weighted by molar-refractivity contribution is 0.300. The zero-order valence-electron chi connectivity index (χ0n) is 18.4. The summed E-state index contributed by atoms with van der Waals surface area (Å²) in [7, 11) is 0. The molecule has 28 heavy (non-hydrogen) atoms. The summed E-state index contributed by atoms with van der Waals surface area (Å²) in [4.78, 5) is 0. The summed E-state index contributed by atoms with van der Waals surface area (Å²) in [5, 5.41) is 3.56. The van der Waals surface area contributed by atoms with Gasteiger partial charge in [-0.25, -0.2) is 0 Å². The van der Waals surface area contributed by atoms with Crippen molar-refractivity contribution in [1.29, 1.82) is 0 Å². The molecule has 2 aromatic carbocycles. The zero-order chi connectivity index (χ0) is 20.2. The first kappa shape index (κ1) is 22.5. The average Bonchev–Trinajstić information content (AvgIpc) is 2.68. The van der Waals surface area contributed by atoms with Crippen molar-refractivity contribution in [3.63, 3.8) is 0 Å². The molecule has 2 aromatic rings. The molecule has 0 saturated carbocycles. The average molecular weight is 382 g/mol. The molecule has 0 heterocycles. The molecule has 0 aliphatic heterocycles. The molecule has 0 fully saturated rings. The van der Waals surface area contributed by atoms with Crippen molar-refractivity contribution in [1.82, 2.24) is 5.32 Å². The van der Waals surface area contributed by atoms with Crippen LogP contribution in [0, 0.1) is 0 Å². The molecular weight excluding hydrogens is 342 g/mol. The van der Waals surface area contributed by atoms with Crippen LogP contribution in [0.4, 0.5) is 0 Å². The number of unbranched alkanes of at least 4 members (excludes halogenated alkanes) is 5. The minimum absolute atomic E-state index is 0.207. The van der Waals surface area contributed by atoms with E-state index >= 15 is 0 Å². The molecule has 0 aromatic heterocycles. The highest BCUT2D eigenvalue weighted by Gasteiger charge is 2.12. The maximum absolute atomic E-state index is 6.06. The van der Waals surface area contributed by atoms with Crippen LogP contribution in [0.1, 0.15) is 82.9 Å². The molecule has 0 unspecified atom stereocenters. The molecule has 0 saturated heterocycles. The predicted molar refractivity (Wildman–Crippen MR) is 121 cm³/mol. The van der Waals surface area contributed by atoms with E-state index in [1.54, 1.807) is 0 Å². The van der Waals surface area contributed by atoms with Gasteiger partial charge in [0, 0.05) is 18.7 Å². The largest absolute Gasteiger partial charge is 0.493 e. The minimum atomic E-state index is 0.207. The fraction of sp³-hybridized carbons (Fsp3) is 0.538. The van der Waals surface area contributed by atoms with E-state index < -0.39 is 0 Å². The van der Waals surface area contributed by atoms with E-state index in [4.69, 9.17) is 4.74 Å². The van der Waals surface area contributed by atoms with Gasteiger partial charge in [-0.15, -0.1) is 0 Å². The Kier molecular flexibility index (Phi) is 9.57. The number of hydrogen-bond acceptors (Lipinski definition) is 2. The lowest BCUT2D eigenvalue weighted by atomic mass is 9.87. The number of hydrogen-bond donors (Lipinski definition) is 1. The Balaban J connectivity index is 1.75. The van der Waals surface area contributed by atoms with Gasteiger partial charge in [0.15, 0.2) is 0 Å². The van der Waals surface area contributed by atoms with Gasteiger partial charge >= 0.3 is 0 Å². The van der Waals surface area contributed by atoms with E-state index in [0.717, 1.165) is 31.9 Å². The summed E-state index contributed by atoms with van der Waals surface area (Å²) in [5.74, 6) is 1.02. The van der Waals surface area contributed by atoms with Crippen LogP contribution < -0.4 is 10.1 Å². The van der Waals surface area contributed by atoms with E-state index in [1.165, 1.54) is 48.8 Å². The molecule has 154 valence electrons. The Morgan fingerprint density at radius 2 is 1.46 bits per heavy atom. The Labute approximate surface area is 172 Å². The van der Waals surface area contributed by atoms with E-state index in [1.807, 2.05) is 0 Å². The molecule has 0 radical (unpaired) electrons. The predicted octanol–water partition coefficient (Wildman–Crippen LogP) is 7.01. The summed E-state index contributed by atoms with van der Waals surface area (Å²) in [5.41, 5.74) is 4.14. The number of benzene rings is 2. The first-order valence-electron chi connectivity index (χ1n) is 11.0. The van der Waals surface area contributed by atoms with Crippen LogP contribution in [-0.4, -0.2) is 6.61 Å². The molecule has 0 amide bonds.